The van der Waals surface area contributed by atoms with Crippen LogP contribution in [0, 0.1) is 0 Å². The molecular weight excluding hydrogens is 230 g/mol. The molecule has 0 bridgehead atoms. The molecule has 2 atom stereocenters. The van der Waals surface area contributed by atoms with Gasteiger partial charge in [0.1, 0.15) is 0 Å². The highest BCUT2D eigenvalue weighted by Crippen LogP contribution is 2.31. The van der Waals surface area contributed by atoms with Crippen LogP contribution < -0.4 is 0 Å². The minimum absolute atomic E-state index is 0.207. The summed E-state index contributed by atoms with van der Waals surface area (Å²) in [6, 6.07) is 9.89. The van der Waals surface area contributed by atoms with E-state index in [4.69, 9.17) is 0 Å². The highest BCUT2D eigenvalue weighted by atomic mass is 16.4. The van der Waals surface area contributed by atoms with E-state index in [-0.39, 0.29) is 6.54 Å². The number of rotatable bonds is 2. The standard InChI is InChI=1S/C14H19NO3/c1-14(9-11-5-3-2-4-6-11)8-7-12(16)10-15(14)13(17)18/h2-6,12,16H,7-10H2,1H3,(H,17,18). The summed E-state index contributed by atoms with van der Waals surface area (Å²) in [5, 5.41) is 18.9. The van der Waals surface area contributed by atoms with E-state index in [0.717, 1.165) is 5.56 Å². The van der Waals surface area contributed by atoms with E-state index >= 15 is 0 Å². The van der Waals surface area contributed by atoms with Gasteiger partial charge in [-0.2, -0.15) is 0 Å². The molecule has 0 aromatic heterocycles. The number of hydrogen-bond donors (Lipinski definition) is 2. The number of aliphatic hydroxyl groups excluding tert-OH is 1. The predicted molar refractivity (Wildman–Crippen MR) is 68.5 cm³/mol. The van der Waals surface area contributed by atoms with E-state index in [1.54, 1.807) is 0 Å². The molecule has 2 unspecified atom stereocenters. The van der Waals surface area contributed by atoms with Crippen molar-refractivity contribution < 1.29 is 15.0 Å². The van der Waals surface area contributed by atoms with Crippen LogP contribution in [0.1, 0.15) is 25.3 Å². The van der Waals surface area contributed by atoms with Crippen LogP contribution in [-0.4, -0.2) is 39.4 Å². The van der Waals surface area contributed by atoms with Crippen LogP contribution in [0.3, 0.4) is 0 Å². The van der Waals surface area contributed by atoms with Gasteiger partial charge in [-0.05, 0) is 31.7 Å². The fourth-order valence-electron chi connectivity index (χ4n) is 2.66. The third kappa shape index (κ3) is 2.64. The Labute approximate surface area is 107 Å². The third-order valence-electron chi connectivity index (χ3n) is 3.72. The Balaban J connectivity index is 2.19. The second-order valence-electron chi connectivity index (χ2n) is 5.24. The maximum atomic E-state index is 11.3. The summed E-state index contributed by atoms with van der Waals surface area (Å²) in [7, 11) is 0. The molecule has 4 nitrogen and oxygen atoms in total. The Bertz CT molecular complexity index is 420. The van der Waals surface area contributed by atoms with E-state index in [0.29, 0.717) is 19.3 Å². The maximum absolute atomic E-state index is 11.3. The van der Waals surface area contributed by atoms with E-state index in [1.165, 1.54) is 4.90 Å². The molecule has 1 heterocycles. The number of piperidine rings is 1. The highest BCUT2D eigenvalue weighted by Gasteiger charge is 2.40. The van der Waals surface area contributed by atoms with Crippen LogP contribution in [0.25, 0.3) is 0 Å². The zero-order valence-corrected chi connectivity index (χ0v) is 10.5. The molecule has 0 saturated carbocycles. The molecule has 1 fully saturated rings. The number of likely N-dealkylation sites (tertiary alicyclic amines) is 1. The van der Waals surface area contributed by atoms with E-state index in [9.17, 15) is 15.0 Å². The van der Waals surface area contributed by atoms with Crippen LogP contribution >= 0.6 is 0 Å². The van der Waals surface area contributed by atoms with Crippen molar-refractivity contribution in [3.63, 3.8) is 0 Å². The first kappa shape index (κ1) is 12.9. The topological polar surface area (TPSA) is 60.8 Å². The largest absolute Gasteiger partial charge is 0.465 e. The lowest BCUT2D eigenvalue weighted by Crippen LogP contribution is -2.57. The molecule has 0 radical (unpaired) electrons. The lowest BCUT2D eigenvalue weighted by Gasteiger charge is -2.45. The molecule has 98 valence electrons. The van der Waals surface area contributed by atoms with Crippen molar-refractivity contribution in [3.8, 4) is 0 Å². The van der Waals surface area contributed by atoms with Crippen molar-refractivity contribution in [1.82, 2.24) is 4.90 Å². The Morgan fingerprint density at radius 1 is 1.44 bits per heavy atom. The molecular formula is C14H19NO3. The number of carboxylic acid groups (broad SMARTS) is 1. The summed E-state index contributed by atoms with van der Waals surface area (Å²) in [5.41, 5.74) is 0.703. The van der Waals surface area contributed by atoms with Crippen LogP contribution in [0.15, 0.2) is 30.3 Å². The zero-order chi connectivity index (χ0) is 13.2. The van der Waals surface area contributed by atoms with Crippen molar-refractivity contribution in [2.45, 2.75) is 37.8 Å². The van der Waals surface area contributed by atoms with Crippen LogP contribution in [-0.2, 0) is 6.42 Å². The molecule has 18 heavy (non-hydrogen) atoms. The summed E-state index contributed by atoms with van der Waals surface area (Å²) >= 11 is 0. The molecule has 2 N–H and O–H groups in total. The second-order valence-corrected chi connectivity index (χ2v) is 5.24. The van der Waals surface area contributed by atoms with Gasteiger partial charge in [-0.15, -0.1) is 0 Å². The molecule has 0 spiro atoms. The third-order valence-corrected chi connectivity index (χ3v) is 3.72. The van der Waals surface area contributed by atoms with E-state index < -0.39 is 17.7 Å². The van der Waals surface area contributed by atoms with Gasteiger partial charge >= 0.3 is 6.09 Å². The molecule has 0 aliphatic carbocycles. The van der Waals surface area contributed by atoms with E-state index in [2.05, 4.69) is 0 Å². The average molecular weight is 249 g/mol. The average Bonchev–Trinajstić information content (AvgIpc) is 2.33. The first-order valence-electron chi connectivity index (χ1n) is 6.24. The molecule has 1 aliphatic heterocycles. The van der Waals surface area contributed by atoms with Crippen molar-refractivity contribution in [1.29, 1.82) is 0 Å². The van der Waals surface area contributed by atoms with Crippen molar-refractivity contribution in [2.75, 3.05) is 6.54 Å². The predicted octanol–water partition coefficient (Wildman–Crippen LogP) is 2.12. The van der Waals surface area contributed by atoms with E-state index in [1.807, 2.05) is 37.3 Å². The SMILES string of the molecule is CC1(Cc2ccccc2)CCC(O)CN1C(=O)O. The molecule has 1 amide bonds. The molecule has 4 heteroatoms. The quantitative estimate of drug-likeness (QED) is 0.844. The summed E-state index contributed by atoms with van der Waals surface area (Å²) < 4.78 is 0. The smallest absolute Gasteiger partial charge is 0.407 e. The summed E-state index contributed by atoms with van der Waals surface area (Å²) in [4.78, 5) is 12.7. The molecule has 1 aliphatic rings. The van der Waals surface area contributed by atoms with Gasteiger partial charge in [-0.25, -0.2) is 4.79 Å². The molecule has 1 aromatic carbocycles. The first-order chi connectivity index (χ1) is 8.51. The Hall–Kier alpha value is -1.55. The van der Waals surface area contributed by atoms with Crippen LogP contribution in [0.5, 0.6) is 0 Å². The minimum Gasteiger partial charge on any atom is -0.465 e. The van der Waals surface area contributed by atoms with Crippen LogP contribution in [0.4, 0.5) is 4.79 Å². The number of hydrogen-bond acceptors (Lipinski definition) is 2. The summed E-state index contributed by atoms with van der Waals surface area (Å²) in [6.45, 7) is 2.17. The number of carbonyl (C=O) groups is 1. The Morgan fingerprint density at radius 2 is 2.11 bits per heavy atom. The lowest BCUT2D eigenvalue weighted by atomic mass is 9.82. The summed E-state index contributed by atoms with van der Waals surface area (Å²) in [6.07, 6.45) is 0.548. The fourth-order valence-corrected chi connectivity index (χ4v) is 2.66. The summed E-state index contributed by atoms with van der Waals surface area (Å²) in [5.74, 6) is 0. The lowest BCUT2D eigenvalue weighted by molar-refractivity contribution is -0.00322. The number of amides is 1. The Morgan fingerprint density at radius 3 is 2.72 bits per heavy atom. The molecule has 1 aromatic rings. The number of β-amino-alcohol motifs (C(OH)–C–C–N with tert-alkyl or cyclic N) is 1. The monoisotopic (exact) mass is 249 g/mol. The van der Waals surface area contributed by atoms with Gasteiger partial charge in [0.2, 0.25) is 0 Å². The normalized spacial score (nSPS) is 28.1. The molecule has 1 saturated heterocycles. The van der Waals surface area contributed by atoms with Gasteiger partial charge < -0.3 is 15.1 Å². The van der Waals surface area contributed by atoms with Crippen molar-refractivity contribution in [2.24, 2.45) is 0 Å². The van der Waals surface area contributed by atoms with Crippen LogP contribution in [0.2, 0.25) is 0 Å². The van der Waals surface area contributed by atoms with Gasteiger partial charge in [0.05, 0.1) is 12.6 Å². The highest BCUT2D eigenvalue weighted by molar-refractivity contribution is 5.66. The molecule has 2 rings (SSSR count). The zero-order valence-electron chi connectivity index (χ0n) is 10.5. The van der Waals surface area contributed by atoms with Gasteiger partial charge in [-0.3, -0.25) is 0 Å². The minimum atomic E-state index is -0.952. The number of aliphatic hydroxyl groups is 1. The fraction of sp³-hybridized carbons (Fsp3) is 0.500. The van der Waals surface area contributed by atoms with Crippen molar-refractivity contribution >= 4 is 6.09 Å². The van der Waals surface area contributed by atoms with Gasteiger partial charge in [0.15, 0.2) is 0 Å². The Kier molecular flexibility index (Phi) is 3.57. The number of benzene rings is 1. The maximum Gasteiger partial charge on any atom is 0.407 e. The second kappa shape index (κ2) is 4.98. The number of nitrogens with zero attached hydrogens (tertiary/aromatic N) is 1. The van der Waals surface area contributed by atoms with Gasteiger partial charge in [-0.1, -0.05) is 30.3 Å². The van der Waals surface area contributed by atoms with Gasteiger partial charge in [0, 0.05) is 5.54 Å². The van der Waals surface area contributed by atoms with Crippen molar-refractivity contribution in [3.05, 3.63) is 35.9 Å². The van der Waals surface area contributed by atoms with Gasteiger partial charge in [0.25, 0.3) is 0 Å². The first-order valence-corrected chi connectivity index (χ1v) is 6.24.